The summed E-state index contributed by atoms with van der Waals surface area (Å²) in [4.78, 5) is 25.8. The minimum absolute atomic E-state index is 0.131. The number of fused-ring (bicyclic) bond motifs is 3. The number of amides is 1. The standard InChI is InChI=1S/C17H22N4OS/c1-10-3-4-12-13(7-10)23-17-15(12)16(19-9-20-17)21-6-5-18-14(22)8-11(21)2/h9-11H,3-8H2,1-2H3,(H,18,22). The first-order valence-electron chi connectivity index (χ1n) is 8.42. The molecule has 2 aromatic rings. The predicted octanol–water partition coefficient (Wildman–Crippen LogP) is 2.53. The van der Waals surface area contributed by atoms with Crippen LogP contribution in [0.5, 0.6) is 0 Å². The molecule has 0 saturated carbocycles. The molecular formula is C17H22N4OS. The molecule has 2 aliphatic rings. The van der Waals surface area contributed by atoms with Crippen LogP contribution in [0.4, 0.5) is 5.82 Å². The van der Waals surface area contributed by atoms with Crippen molar-refractivity contribution in [1.82, 2.24) is 15.3 Å². The van der Waals surface area contributed by atoms with Crippen LogP contribution in [-0.2, 0) is 17.6 Å². The highest BCUT2D eigenvalue weighted by Gasteiger charge is 2.28. The number of rotatable bonds is 1. The van der Waals surface area contributed by atoms with Gasteiger partial charge in [0.05, 0.1) is 5.39 Å². The summed E-state index contributed by atoms with van der Waals surface area (Å²) < 4.78 is 0. The smallest absolute Gasteiger partial charge is 0.222 e. The Labute approximate surface area is 140 Å². The van der Waals surface area contributed by atoms with Gasteiger partial charge in [-0.15, -0.1) is 11.3 Å². The van der Waals surface area contributed by atoms with E-state index in [1.807, 2.05) is 11.3 Å². The SMILES string of the molecule is CC1CCc2c(sc3ncnc(N4CCNC(=O)CC4C)c23)C1. The zero-order valence-corrected chi connectivity index (χ0v) is 14.4. The third-order valence-corrected chi connectivity index (χ3v) is 6.19. The lowest BCUT2D eigenvalue weighted by atomic mass is 9.89. The Morgan fingerprint density at radius 2 is 2.17 bits per heavy atom. The third-order valence-electron chi connectivity index (χ3n) is 5.03. The molecule has 1 aliphatic carbocycles. The van der Waals surface area contributed by atoms with Gasteiger partial charge in [0.1, 0.15) is 17.0 Å². The second-order valence-corrected chi connectivity index (χ2v) is 7.91. The van der Waals surface area contributed by atoms with E-state index in [4.69, 9.17) is 0 Å². The topological polar surface area (TPSA) is 58.1 Å². The second kappa shape index (κ2) is 5.74. The molecule has 0 bridgehead atoms. The van der Waals surface area contributed by atoms with Crippen LogP contribution >= 0.6 is 11.3 Å². The summed E-state index contributed by atoms with van der Waals surface area (Å²) in [6.45, 7) is 5.92. The average molecular weight is 330 g/mol. The lowest BCUT2D eigenvalue weighted by Crippen LogP contribution is -2.35. The van der Waals surface area contributed by atoms with Crippen molar-refractivity contribution in [2.24, 2.45) is 5.92 Å². The molecule has 0 spiro atoms. The van der Waals surface area contributed by atoms with E-state index < -0.39 is 0 Å². The first-order chi connectivity index (χ1) is 11.1. The molecule has 0 aromatic carbocycles. The molecule has 1 fully saturated rings. The zero-order valence-electron chi connectivity index (χ0n) is 13.6. The fourth-order valence-corrected chi connectivity index (χ4v) is 5.12. The lowest BCUT2D eigenvalue weighted by Gasteiger charge is -2.28. The van der Waals surface area contributed by atoms with Crippen molar-refractivity contribution in [3.05, 3.63) is 16.8 Å². The minimum atomic E-state index is 0.131. The summed E-state index contributed by atoms with van der Waals surface area (Å²) in [7, 11) is 0. The van der Waals surface area contributed by atoms with Gasteiger partial charge >= 0.3 is 0 Å². The molecule has 6 heteroatoms. The second-order valence-electron chi connectivity index (χ2n) is 6.83. The highest BCUT2D eigenvalue weighted by atomic mass is 32.1. The number of nitrogens with one attached hydrogen (secondary N) is 1. The van der Waals surface area contributed by atoms with Gasteiger partial charge in [-0.05, 0) is 37.7 Å². The molecule has 5 nitrogen and oxygen atoms in total. The van der Waals surface area contributed by atoms with E-state index in [9.17, 15) is 4.79 Å². The summed E-state index contributed by atoms with van der Waals surface area (Å²) in [6.07, 6.45) is 5.72. The Morgan fingerprint density at radius 3 is 3.04 bits per heavy atom. The van der Waals surface area contributed by atoms with Gasteiger partial charge in [0.15, 0.2) is 0 Å². The Hall–Kier alpha value is -1.69. The molecule has 23 heavy (non-hydrogen) atoms. The molecule has 2 unspecified atom stereocenters. The first kappa shape index (κ1) is 14.9. The molecule has 2 aromatic heterocycles. The maximum atomic E-state index is 11.8. The van der Waals surface area contributed by atoms with Crippen LogP contribution in [0.3, 0.4) is 0 Å². The van der Waals surface area contributed by atoms with Crippen molar-refractivity contribution < 1.29 is 4.79 Å². The summed E-state index contributed by atoms with van der Waals surface area (Å²) in [6, 6.07) is 0.161. The maximum absolute atomic E-state index is 11.8. The molecule has 0 radical (unpaired) electrons. The molecule has 1 amide bonds. The van der Waals surface area contributed by atoms with Gasteiger partial charge in [0.2, 0.25) is 5.91 Å². The fraction of sp³-hybridized carbons (Fsp3) is 0.588. The monoisotopic (exact) mass is 330 g/mol. The third kappa shape index (κ3) is 2.59. The van der Waals surface area contributed by atoms with Gasteiger partial charge in [-0.3, -0.25) is 4.79 Å². The van der Waals surface area contributed by atoms with E-state index in [-0.39, 0.29) is 11.9 Å². The molecule has 1 saturated heterocycles. The van der Waals surface area contributed by atoms with Crippen molar-refractivity contribution in [3.8, 4) is 0 Å². The number of anilines is 1. The molecule has 122 valence electrons. The van der Waals surface area contributed by atoms with Gasteiger partial charge in [-0.25, -0.2) is 9.97 Å². The number of hydrogen-bond acceptors (Lipinski definition) is 5. The van der Waals surface area contributed by atoms with E-state index >= 15 is 0 Å². The Bertz CT molecular complexity index is 756. The van der Waals surface area contributed by atoms with Crippen molar-refractivity contribution in [2.45, 2.75) is 45.6 Å². The van der Waals surface area contributed by atoms with Gasteiger partial charge < -0.3 is 10.2 Å². The lowest BCUT2D eigenvalue weighted by molar-refractivity contribution is -0.120. The first-order valence-corrected chi connectivity index (χ1v) is 9.23. The van der Waals surface area contributed by atoms with Crippen LogP contribution in [0.25, 0.3) is 10.2 Å². The highest BCUT2D eigenvalue weighted by molar-refractivity contribution is 7.19. The van der Waals surface area contributed by atoms with Gasteiger partial charge in [-0.1, -0.05) is 6.92 Å². The average Bonchev–Trinajstić information content (AvgIpc) is 2.79. The Kier molecular flexibility index (Phi) is 3.71. The number of nitrogens with zero attached hydrogens (tertiary/aromatic N) is 3. The van der Waals surface area contributed by atoms with Crippen LogP contribution in [0.1, 0.15) is 37.1 Å². The van der Waals surface area contributed by atoms with E-state index in [1.165, 1.54) is 22.2 Å². The fourth-order valence-electron chi connectivity index (χ4n) is 3.78. The van der Waals surface area contributed by atoms with E-state index in [1.54, 1.807) is 6.33 Å². The minimum Gasteiger partial charge on any atom is -0.354 e. The summed E-state index contributed by atoms with van der Waals surface area (Å²) in [5.41, 5.74) is 1.45. The van der Waals surface area contributed by atoms with E-state index in [2.05, 4.69) is 34.0 Å². The van der Waals surface area contributed by atoms with Crippen LogP contribution < -0.4 is 10.2 Å². The molecular weight excluding hydrogens is 308 g/mol. The van der Waals surface area contributed by atoms with Crippen LogP contribution in [-0.4, -0.2) is 35.0 Å². The highest BCUT2D eigenvalue weighted by Crippen LogP contribution is 2.41. The molecule has 2 atom stereocenters. The predicted molar refractivity (Wildman–Crippen MR) is 93.0 cm³/mol. The maximum Gasteiger partial charge on any atom is 0.222 e. The van der Waals surface area contributed by atoms with Crippen molar-refractivity contribution in [3.63, 3.8) is 0 Å². The number of aryl methyl sites for hydroxylation is 1. The largest absolute Gasteiger partial charge is 0.354 e. The quantitative estimate of drug-likeness (QED) is 0.873. The van der Waals surface area contributed by atoms with Crippen molar-refractivity contribution in [2.75, 3.05) is 18.0 Å². The molecule has 1 N–H and O–H groups in total. The Morgan fingerprint density at radius 1 is 1.30 bits per heavy atom. The van der Waals surface area contributed by atoms with Crippen molar-refractivity contribution in [1.29, 1.82) is 0 Å². The molecule has 1 aliphatic heterocycles. The number of aromatic nitrogens is 2. The normalized spacial score (nSPS) is 25.1. The van der Waals surface area contributed by atoms with Crippen LogP contribution in [0, 0.1) is 5.92 Å². The number of carbonyl (C=O) groups excluding carboxylic acids is 1. The number of hydrogen-bond donors (Lipinski definition) is 1. The van der Waals surface area contributed by atoms with Crippen LogP contribution in [0.2, 0.25) is 0 Å². The van der Waals surface area contributed by atoms with Crippen molar-refractivity contribution >= 4 is 33.3 Å². The van der Waals surface area contributed by atoms with Gasteiger partial charge in [0.25, 0.3) is 0 Å². The van der Waals surface area contributed by atoms with Gasteiger partial charge in [0, 0.05) is 30.4 Å². The number of thiophene rings is 1. The number of carbonyl (C=O) groups is 1. The van der Waals surface area contributed by atoms with E-state index in [0.717, 1.165) is 36.0 Å². The molecule has 3 heterocycles. The Balaban J connectivity index is 1.82. The van der Waals surface area contributed by atoms with Crippen LogP contribution in [0.15, 0.2) is 6.33 Å². The van der Waals surface area contributed by atoms with Gasteiger partial charge in [-0.2, -0.15) is 0 Å². The zero-order chi connectivity index (χ0) is 16.0. The summed E-state index contributed by atoms with van der Waals surface area (Å²) >= 11 is 1.83. The summed E-state index contributed by atoms with van der Waals surface area (Å²) in [5.74, 6) is 1.91. The molecule has 4 rings (SSSR count). The summed E-state index contributed by atoms with van der Waals surface area (Å²) in [5, 5.41) is 4.20. The van der Waals surface area contributed by atoms with E-state index in [0.29, 0.717) is 13.0 Å².